The number of aromatic nitrogens is 1. The molecule has 25 heavy (non-hydrogen) atoms. The third kappa shape index (κ3) is 4.70. The van der Waals surface area contributed by atoms with E-state index in [9.17, 15) is 0 Å². The largest absolute Gasteiger partial charge is 0.494 e. The Balaban J connectivity index is 1.65. The molecular formula is C20H20ClN3O. The lowest BCUT2D eigenvalue weighted by Gasteiger charge is -2.06. The fourth-order valence-corrected chi connectivity index (χ4v) is 2.55. The Morgan fingerprint density at radius 2 is 2.00 bits per heavy atom. The molecule has 3 rings (SSSR count). The van der Waals surface area contributed by atoms with Crippen molar-refractivity contribution in [2.75, 3.05) is 12.0 Å². The highest BCUT2D eigenvalue weighted by atomic mass is 35.5. The van der Waals surface area contributed by atoms with Crippen LogP contribution in [0.25, 0.3) is 10.9 Å². The third-order valence-corrected chi connectivity index (χ3v) is 3.99. The summed E-state index contributed by atoms with van der Waals surface area (Å²) in [5.41, 5.74) is 5.79. The zero-order valence-corrected chi connectivity index (χ0v) is 14.8. The smallest absolute Gasteiger partial charge is 0.119 e. The molecule has 0 radical (unpaired) electrons. The summed E-state index contributed by atoms with van der Waals surface area (Å²) >= 11 is 6.01. The number of fused-ring (bicyclic) bond motifs is 1. The highest BCUT2D eigenvalue weighted by molar-refractivity contribution is 6.31. The van der Waals surface area contributed by atoms with E-state index in [1.165, 1.54) is 0 Å². The molecule has 3 aromatic rings. The van der Waals surface area contributed by atoms with E-state index >= 15 is 0 Å². The second-order valence-electron chi connectivity index (χ2n) is 5.66. The van der Waals surface area contributed by atoms with Gasteiger partial charge in [0, 0.05) is 16.6 Å². The molecule has 0 atom stereocenters. The van der Waals surface area contributed by atoms with Gasteiger partial charge in [0.15, 0.2) is 0 Å². The lowest BCUT2D eigenvalue weighted by molar-refractivity contribution is 0.309. The summed E-state index contributed by atoms with van der Waals surface area (Å²) in [7, 11) is 0. The van der Waals surface area contributed by atoms with Gasteiger partial charge in [-0.2, -0.15) is 5.10 Å². The molecule has 0 bridgehead atoms. The quantitative estimate of drug-likeness (QED) is 0.346. The van der Waals surface area contributed by atoms with Crippen molar-refractivity contribution in [3.8, 4) is 5.75 Å². The second-order valence-corrected chi connectivity index (χ2v) is 6.10. The van der Waals surface area contributed by atoms with Crippen LogP contribution in [-0.4, -0.2) is 17.8 Å². The lowest BCUT2D eigenvalue weighted by Crippen LogP contribution is -1.96. The van der Waals surface area contributed by atoms with Gasteiger partial charge < -0.3 is 4.74 Å². The van der Waals surface area contributed by atoms with Crippen LogP contribution in [0, 0.1) is 0 Å². The van der Waals surface area contributed by atoms with Crippen LogP contribution < -0.4 is 10.2 Å². The first-order chi connectivity index (χ1) is 12.3. The molecule has 2 aromatic carbocycles. The van der Waals surface area contributed by atoms with Crippen molar-refractivity contribution in [1.82, 2.24) is 4.98 Å². The van der Waals surface area contributed by atoms with Crippen molar-refractivity contribution in [1.29, 1.82) is 0 Å². The predicted molar refractivity (Wildman–Crippen MR) is 105 cm³/mol. The Morgan fingerprint density at radius 1 is 1.16 bits per heavy atom. The first-order valence-electron chi connectivity index (χ1n) is 8.32. The normalized spacial score (nSPS) is 11.1. The topological polar surface area (TPSA) is 46.5 Å². The van der Waals surface area contributed by atoms with Crippen LogP contribution in [0.1, 0.15) is 25.3 Å². The van der Waals surface area contributed by atoms with Gasteiger partial charge >= 0.3 is 0 Å². The zero-order chi connectivity index (χ0) is 17.5. The Bertz CT molecular complexity index is 862. The molecule has 0 fully saturated rings. The van der Waals surface area contributed by atoms with Gasteiger partial charge in [-0.25, -0.2) is 0 Å². The number of rotatable bonds is 7. The minimum atomic E-state index is 0.668. The molecular weight excluding hydrogens is 334 g/mol. The number of unbranched alkanes of at least 4 members (excludes halogenated alkanes) is 1. The number of pyridine rings is 1. The molecule has 0 spiro atoms. The van der Waals surface area contributed by atoms with Gasteiger partial charge in [-0.3, -0.25) is 10.4 Å². The van der Waals surface area contributed by atoms with Crippen LogP contribution in [-0.2, 0) is 0 Å². The molecule has 5 heteroatoms. The van der Waals surface area contributed by atoms with E-state index in [1.54, 1.807) is 12.4 Å². The number of nitrogens with zero attached hydrogens (tertiary/aromatic N) is 2. The number of ether oxygens (including phenoxy) is 1. The standard InChI is InChI=1S/C20H20ClN3O/c1-2-3-12-25-17-7-4-15(5-8-17)14-23-24-19-10-11-22-20-13-16(21)6-9-18(19)20/h4-11,13-14H,2-3,12H2,1H3,(H,22,24). The average Bonchev–Trinajstić information content (AvgIpc) is 2.63. The summed E-state index contributed by atoms with van der Waals surface area (Å²) in [6, 6.07) is 15.4. The van der Waals surface area contributed by atoms with Gasteiger partial charge in [0.2, 0.25) is 0 Å². The van der Waals surface area contributed by atoms with Gasteiger partial charge in [-0.15, -0.1) is 0 Å². The first-order valence-corrected chi connectivity index (χ1v) is 8.70. The molecule has 1 heterocycles. The number of halogens is 1. The minimum Gasteiger partial charge on any atom is -0.494 e. The molecule has 0 unspecified atom stereocenters. The maximum absolute atomic E-state index is 6.01. The summed E-state index contributed by atoms with van der Waals surface area (Å²) in [6.45, 7) is 2.90. The summed E-state index contributed by atoms with van der Waals surface area (Å²) in [5, 5.41) is 5.96. The lowest BCUT2D eigenvalue weighted by atomic mass is 10.2. The number of anilines is 1. The fourth-order valence-electron chi connectivity index (χ4n) is 2.38. The summed E-state index contributed by atoms with van der Waals surface area (Å²) in [4.78, 5) is 4.32. The molecule has 128 valence electrons. The van der Waals surface area contributed by atoms with Crippen LogP contribution >= 0.6 is 11.6 Å². The average molecular weight is 354 g/mol. The number of hydrogen-bond acceptors (Lipinski definition) is 4. The van der Waals surface area contributed by atoms with Crippen molar-refractivity contribution < 1.29 is 4.74 Å². The van der Waals surface area contributed by atoms with E-state index < -0.39 is 0 Å². The third-order valence-electron chi connectivity index (χ3n) is 3.75. The molecule has 0 aliphatic rings. The molecule has 0 saturated heterocycles. The maximum Gasteiger partial charge on any atom is 0.119 e. The molecule has 1 N–H and O–H groups in total. The molecule has 0 amide bonds. The van der Waals surface area contributed by atoms with Crippen LogP contribution in [0.3, 0.4) is 0 Å². The van der Waals surface area contributed by atoms with Crippen molar-refractivity contribution >= 4 is 34.4 Å². The Morgan fingerprint density at radius 3 is 2.80 bits per heavy atom. The maximum atomic E-state index is 6.01. The summed E-state index contributed by atoms with van der Waals surface area (Å²) < 4.78 is 5.66. The zero-order valence-electron chi connectivity index (χ0n) is 14.1. The molecule has 4 nitrogen and oxygen atoms in total. The van der Waals surface area contributed by atoms with Gasteiger partial charge in [0.1, 0.15) is 5.75 Å². The Hall–Kier alpha value is -2.59. The van der Waals surface area contributed by atoms with E-state index in [2.05, 4.69) is 22.4 Å². The van der Waals surface area contributed by atoms with E-state index in [0.717, 1.165) is 47.4 Å². The Labute approximate surface area is 152 Å². The second kappa shape index (κ2) is 8.49. The molecule has 0 saturated carbocycles. The molecule has 0 aliphatic carbocycles. The highest BCUT2D eigenvalue weighted by Gasteiger charge is 2.01. The van der Waals surface area contributed by atoms with Crippen molar-refractivity contribution in [2.45, 2.75) is 19.8 Å². The SMILES string of the molecule is CCCCOc1ccc(C=NNc2ccnc3cc(Cl)ccc23)cc1. The molecule has 1 aromatic heterocycles. The number of nitrogens with one attached hydrogen (secondary N) is 1. The number of hydrazone groups is 1. The van der Waals surface area contributed by atoms with E-state index in [4.69, 9.17) is 16.3 Å². The summed E-state index contributed by atoms with van der Waals surface area (Å²) in [6.07, 6.45) is 5.71. The van der Waals surface area contributed by atoms with Crippen LogP contribution in [0.2, 0.25) is 5.02 Å². The Kier molecular flexibility index (Phi) is 5.86. The summed E-state index contributed by atoms with van der Waals surface area (Å²) in [5.74, 6) is 0.885. The van der Waals surface area contributed by atoms with Crippen molar-refractivity contribution in [2.24, 2.45) is 5.10 Å². The van der Waals surface area contributed by atoms with E-state index in [0.29, 0.717) is 5.02 Å². The monoisotopic (exact) mass is 353 g/mol. The van der Waals surface area contributed by atoms with Gasteiger partial charge in [-0.1, -0.05) is 24.9 Å². The van der Waals surface area contributed by atoms with Crippen LogP contribution in [0.4, 0.5) is 5.69 Å². The van der Waals surface area contributed by atoms with Crippen molar-refractivity contribution in [3.63, 3.8) is 0 Å². The van der Waals surface area contributed by atoms with Gasteiger partial charge in [0.25, 0.3) is 0 Å². The highest BCUT2D eigenvalue weighted by Crippen LogP contribution is 2.24. The number of hydrogen-bond donors (Lipinski definition) is 1. The first kappa shape index (κ1) is 17.2. The minimum absolute atomic E-state index is 0.668. The van der Waals surface area contributed by atoms with E-state index in [-0.39, 0.29) is 0 Å². The van der Waals surface area contributed by atoms with E-state index in [1.807, 2.05) is 48.5 Å². The van der Waals surface area contributed by atoms with Gasteiger partial charge in [-0.05, 0) is 60.5 Å². The predicted octanol–water partition coefficient (Wildman–Crippen LogP) is 5.51. The fraction of sp³-hybridized carbons (Fsp3) is 0.200. The van der Waals surface area contributed by atoms with Crippen molar-refractivity contribution in [3.05, 3.63) is 65.3 Å². The van der Waals surface area contributed by atoms with Crippen LogP contribution in [0.15, 0.2) is 59.8 Å². The molecule has 0 aliphatic heterocycles. The number of benzene rings is 2. The van der Waals surface area contributed by atoms with Crippen LogP contribution in [0.5, 0.6) is 5.75 Å². The van der Waals surface area contributed by atoms with Gasteiger partial charge in [0.05, 0.1) is 24.0 Å².